The van der Waals surface area contributed by atoms with E-state index in [2.05, 4.69) is 57.2 Å². The molecule has 1 N–H and O–H groups in total. The molecule has 0 fully saturated rings. The van der Waals surface area contributed by atoms with Crippen molar-refractivity contribution < 1.29 is 19.4 Å². The van der Waals surface area contributed by atoms with Gasteiger partial charge in [0.25, 0.3) is 0 Å². The van der Waals surface area contributed by atoms with Crippen molar-refractivity contribution in [3.05, 3.63) is 100 Å². The van der Waals surface area contributed by atoms with Crippen LogP contribution < -0.4 is 4.74 Å². The Balaban J connectivity index is 1.35. The molecule has 38 heavy (non-hydrogen) atoms. The van der Waals surface area contributed by atoms with Gasteiger partial charge in [-0.25, -0.2) is 0 Å². The summed E-state index contributed by atoms with van der Waals surface area (Å²) in [5.41, 5.74) is 6.79. The zero-order chi connectivity index (χ0) is 27.3. The molecule has 0 saturated carbocycles. The van der Waals surface area contributed by atoms with Gasteiger partial charge in [-0.3, -0.25) is 9.59 Å². The third-order valence-electron chi connectivity index (χ3n) is 7.33. The van der Waals surface area contributed by atoms with Crippen LogP contribution in [-0.2, 0) is 35.3 Å². The Morgan fingerprint density at radius 3 is 2.37 bits per heavy atom. The van der Waals surface area contributed by atoms with Crippen molar-refractivity contribution in [1.82, 2.24) is 4.90 Å². The molecule has 1 aliphatic rings. The monoisotopic (exact) mass is 513 g/mol. The zero-order valence-electron chi connectivity index (χ0n) is 23.0. The van der Waals surface area contributed by atoms with E-state index in [1.807, 2.05) is 37.3 Å². The van der Waals surface area contributed by atoms with E-state index in [0.717, 1.165) is 40.8 Å². The van der Waals surface area contributed by atoms with Crippen molar-refractivity contribution in [2.75, 3.05) is 13.1 Å². The van der Waals surface area contributed by atoms with E-state index in [1.165, 1.54) is 16.0 Å². The fraction of sp³-hybridized carbons (Fsp3) is 0.394. The average molecular weight is 514 g/mol. The minimum atomic E-state index is -0.990. The third-order valence-corrected chi connectivity index (χ3v) is 7.33. The first kappa shape index (κ1) is 27.4. The van der Waals surface area contributed by atoms with Crippen molar-refractivity contribution in [2.45, 2.75) is 71.3 Å². The number of carbonyl (C=O) groups excluding carboxylic acids is 1. The van der Waals surface area contributed by atoms with Crippen LogP contribution in [0.3, 0.4) is 0 Å². The van der Waals surface area contributed by atoms with Crippen molar-refractivity contribution in [1.29, 1.82) is 0 Å². The Labute approximate surface area is 226 Å². The smallest absolute Gasteiger partial charge is 0.323 e. The quantitative estimate of drug-likeness (QED) is 0.334. The minimum absolute atomic E-state index is 0.133. The Morgan fingerprint density at radius 1 is 0.974 bits per heavy atom. The maximum atomic E-state index is 13.0. The van der Waals surface area contributed by atoms with Crippen molar-refractivity contribution in [3.63, 3.8) is 0 Å². The van der Waals surface area contributed by atoms with Gasteiger partial charge in [0.2, 0.25) is 5.91 Å². The van der Waals surface area contributed by atoms with E-state index >= 15 is 0 Å². The SMILES string of the molecule is Cc1cccc(CCN(CC(=O)O)C(=O)CCc2ccc3c(c2)C[C@@](C)(Cc2ccc(C(C)C)cc2)O3)c1. The maximum absolute atomic E-state index is 13.0. The summed E-state index contributed by atoms with van der Waals surface area (Å²) in [5.74, 6) is 0.301. The number of hydrogen-bond acceptors (Lipinski definition) is 3. The van der Waals surface area contributed by atoms with Crippen LogP contribution >= 0.6 is 0 Å². The number of ether oxygens (including phenoxy) is 1. The Morgan fingerprint density at radius 2 is 1.68 bits per heavy atom. The molecule has 0 bridgehead atoms. The predicted octanol–water partition coefficient (Wildman–Crippen LogP) is 6.14. The molecule has 1 aliphatic heterocycles. The predicted molar refractivity (Wildman–Crippen MR) is 151 cm³/mol. The molecule has 0 spiro atoms. The van der Waals surface area contributed by atoms with E-state index in [4.69, 9.17) is 4.74 Å². The van der Waals surface area contributed by atoms with Gasteiger partial charge < -0.3 is 14.7 Å². The van der Waals surface area contributed by atoms with Crippen LogP contribution in [0.15, 0.2) is 66.7 Å². The second kappa shape index (κ2) is 11.8. The van der Waals surface area contributed by atoms with Gasteiger partial charge in [-0.15, -0.1) is 0 Å². The lowest BCUT2D eigenvalue weighted by molar-refractivity contribution is -0.144. The van der Waals surface area contributed by atoms with Crippen LogP contribution in [-0.4, -0.2) is 40.6 Å². The fourth-order valence-corrected chi connectivity index (χ4v) is 5.28. The molecule has 0 aliphatic carbocycles. The molecule has 3 aromatic carbocycles. The summed E-state index contributed by atoms with van der Waals surface area (Å²) in [6, 6.07) is 23.1. The third kappa shape index (κ3) is 7.25. The van der Waals surface area contributed by atoms with Gasteiger partial charge in [0.1, 0.15) is 17.9 Å². The van der Waals surface area contributed by atoms with E-state index in [9.17, 15) is 14.7 Å². The number of carbonyl (C=O) groups is 2. The summed E-state index contributed by atoms with van der Waals surface area (Å²) in [6.07, 6.45) is 3.13. The van der Waals surface area contributed by atoms with Crippen molar-refractivity contribution in [2.24, 2.45) is 0 Å². The summed E-state index contributed by atoms with van der Waals surface area (Å²) >= 11 is 0. The standard InChI is InChI=1S/C33H39NO4/c1-23(2)28-12-8-27(9-13-28)20-33(4)21-29-19-26(10-14-30(29)38-33)11-15-31(35)34(22-32(36)37)17-16-25-7-5-6-24(3)18-25/h5-10,12-14,18-19,23H,11,15-17,20-22H2,1-4H3,(H,36,37)/t33-/m1/s1. The number of carboxylic acids is 1. The summed E-state index contributed by atoms with van der Waals surface area (Å²) in [6.45, 7) is 8.70. The molecule has 3 aromatic rings. The van der Waals surface area contributed by atoms with Gasteiger partial charge in [-0.05, 0) is 66.5 Å². The fourth-order valence-electron chi connectivity index (χ4n) is 5.28. The normalized spacial score (nSPS) is 16.2. The number of fused-ring (bicyclic) bond motifs is 1. The highest BCUT2D eigenvalue weighted by Gasteiger charge is 2.35. The second-order valence-electron chi connectivity index (χ2n) is 11.2. The highest BCUT2D eigenvalue weighted by Crippen LogP contribution is 2.37. The summed E-state index contributed by atoms with van der Waals surface area (Å²) in [4.78, 5) is 25.9. The number of aliphatic carboxylic acids is 1. The van der Waals surface area contributed by atoms with Gasteiger partial charge in [-0.1, -0.05) is 80.1 Å². The van der Waals surface area contributed by atoms with Gasteiger partial charge >= 0.3 is 5.97 Å². The number of amides is 1. The van der Waals surface area contributed by atoms with Crippen LogP contribution in [0.4, 0.5) is 0 Å². The molecular weight excluding hydrogens is 474 g/mol. The van der Waals surface area contributed by atoms with Gasteiger partial charge in [0.05, 0.1) is 0 Å². The Kier molecular flexibility index (Phi) is 8.55. The maximum Gasteiger partial charge on any atom is 0.323 e. The Bertz CT molecular complexity index is 1280. The van der Waals surface area contributed by atoms with Crippen LogP contribution in [0.2, 0.25) is 0 Å². The minimum Gasteiger partial charge on any atom is -0.487 e. The number of nitrogens with zero attached hydrogens (tertiary/aromatic N) is 1. The molecule has 1 amide bonds. The first-order chi connectivity index (χ1) is 18.1. The molecule has 1 atom stereocenters. The topological polar surface area (TPSA) is 66.8 Å². The van der Waals surface area contributed by atoms with Crippen LogP contribution in [0, 0.1) is 6.92 Å². The molecular formula is C33H39NO4. The number of carboxylic acid groups (broad SMARTS) is 1. The second-order valence-corrected chi connectivity index (χ2v) is 11.2. The Hall–Kier alpha value is -3.60. The van der Waals surface area contributed by atoms with E-state index in [0.29, 0.717) is 25.3 Å². The van der Waals surface area contributed by atoms with Crippen LogP contribution in [0.25, 0.3) is 0 Å². The molecule has 5 heteroatoms. The lowest BCUT2D eigenvalue weighted by Gasteiger charge is -2.24. The van der Waals surface area contributed by atoms with E-state index in [1.54, 1.807) is 0 Å². The molecule has 0 unspecified atom stereocenters. The molecule has 5 nitrogen and oxygen atoms in total. The zero-order valence-corrected chi connectivity index (χ0v) is 23.0. The number of benzene rings is 3. The van der Waals surface area contributed by atoms with Gasteiger partial charge in [0, 0.05) is 25.8 Å². The lowest BCUT2D eigenvalue weighted by Crippen LogP contribution is -2.37. The summed E-state index contributed by atoms with van der Waals surface area (Å²) < 4.78 is 6.38. The lowest BCUT2D eigenvalue weighted by atomic mass is 9.90. The summed E-state index contributed by atoms with van der Waals surface area (Å²) in [7, 11) is 0. The van der Waals surface area contributed by atoms with Gasteiger partial charge in [0.15, 0.2) is 0 Å². The first-order valence-electron chi connectivity index (χ1n) is 13.5. The molecule has 200 valence electrons. The highest BCUT2D eigenvalue weighted by molar-refractivity contribution is 5.81. The molecule has 0 aromatic heterocycles. The molecule has 0 saturated heterocycles. The van der Waals surface area contributed by atoms with E-state index in [-0.39, 0.29) is 24.5 Å². The average Bonchev–Trinajstić information content (AvgIpc) is 3.20. The first-order valence-corrected chi connectivity index (χ1v) is 13.5. The number of aryl methyl sites for hydroxylation is 2. The number of rotatable bonds is 11. The molecule has 0 radical (unpaired) electrons. The van der Waals surface area contributed by atoms with Crippen LogP contribution in [0.5, 0.6) is 5.75 Å². The molecule has 1 heterocycles. The van der Waals surface area contributed by atoms with Crippen molar-refractivity contribution in [3.8, 4) is 5.75 Å². The largest absolute Gasteiger partial charge is 0.487 e. The summed E-state index contributed by atoms with van der Waals surface area (Å²) in [5, 5.41) is 9.35. The number of hydrogen-bond donors (Lipinski definition) is 1. The van der Waals surface area contributed by atoms with E-state index < -0.39 is 5.97 Å². The van der Waals surface area contributed by atoms with Gasteiger partial charge in [-0.2, -0.15) is 0 Å². The highest BCUT2D eigenvalue weighted by atomic mass is 16.5. The molecule has 4 rings (SSSR count). The van der Waals surface area contributed by atoms with Crippen LogP contribution in [0.1, 0.15) is 66.5 Å². The van der Waals surface area contributed by atoms with Crippen molar-refractivity contribution >= 4 is 11.9 Å².